The average molecular weight is 397 g/mol. The first-order valence-electron chi connectivity index (χ1n) is 7.92. The summed E-state index contributed by atoms with van der Waals surface area (Å²) in [4.78, 5) is 23.2. The fourth-order valence-electron chi connectivity index (χ4n) is 2.55. The molecular formula is C20H13ClN2OS2. The van der Waals surface area contributed by atoms with Crippen LogP contribution in [-0.2, 0) is 0 Å². The predicted octanol–water partition coefficient (Wildman–Crippen LogP) is 5.99. The van der Waals surface area contributed by atoms with Gasteiger partial charge in [0.25, 0.3) is 0 Å². The van der Waals surface area contributed by atoms with Gasteiger partial charge in [-0.05, 0) is 35.9 Å². The number of ketones is 1. The second-order valence-electron chi connectivity index (χ2n) is 5.59. The summed E-state index contributed by atoms with van der Waals surface area (Å²) in [6, 6.07) is 19.3. The molecule has 0 atom stereocenters. The first-order valence-corrected chi connectivity index (χ1v) is 10.1. The van der Waals surface area contributed by atoms with Gasteiger partial charge in [0.15, 0.2) is 5.78 Å². The normalized spacial score (nSPS) is 11.0. The van der Waals surface area contributed by atoms with Crippen LogP contribution in [0.4, 0.5) is 0 Å². The number of benzene rings is 2. The molecule has 0 amide bonds. The molecule has 0 unspecified atom stereocenters. The molecule has 0 aliphatic rings. The van der Waals surface area contributed by atoms with Crippen molar-refractivity contribution in [3.8, 4) is 10.4 Å². The third-order valence-electron chi connectivity index (χ3n) is 3.86. The fourth-order valence-corrected chi connectivity index (χ4v) is 4.61. The Morgan fingerprint density at radius 3 is 2.58 bits per heavy atom. The summed E-state index contributed by atoms with van der Waals surface area (Å²) in [5.41, 5.74) is 1.81. The van der Waals surface area contributed by atoms with Crippen LogP contribution >= 0.6 is 34.7 Å². The molecule has 0 aliphatic heterocycles. The summed E-state index contributed by atoms with van der Waals surface area (Å²) in [6.45, 7) is 0. The number of rotatable bonds is 5. The van der Waals surface area contributed by atoms with E-state index in [-0.39, 0.29) is 5.78 Å². The quantitative estimate of drug-likeness (QED) is 0.236. The number of thioether (sulfide) groups is 1. The predicted molar refractivity (Wildman–Crippen MR) is 109 cm³/mol. The Bertz CT molecular complexity index is 1060. The average Bonchev–Trinajstić information content (AvgIpc) is 3.12. The van der Waals surface area contributed by atoms with E-state index < -0.39 is 0 Å². The van der Waals surface area contributed by atoms with Crippen LogP contribution in [0.15, 0.2) is 72.0 Å². The zero-order chi connectivity index (χ0) is 17.9. The molecule has 3 nitrogen and oxygen atoms in total. The zero-order valence-electron chi connectivity index (χ0n) is 13.6. The topological polar surface area (TPSA) is 42.9 Å². The number of aromatic nitrogens is 2. The third-order valence-corrected chi connectivity index (χ3v) is 6.21. The van der Waals surface area contributed by atoms with Crippen molar-refractivity contribution in [2.24, 2.45) is 0 Å². The molecule has 0 saturated heterocycles. The van der Waals surface area contributed by atoms with E-state index in [2.05, 4.69) is 28.2 Å². The SMILES string of the molecule is O=C(CSc1ncnc2sc(-c3ccccc3)cc12)c1ccc(Cl)cc1. The minimum atomic E-state index is 0.0527. The highest BCUT2D eigenvalue weighted by Gasteiger charge is 2.13. The van der Waals surface area contributed by atoms with E-state index in [4.69, 9.17) is 11.6 Å². The Morgan fingerprint density at radius 1 is 1.04 bits per heavy atom. The molecule has 4 aromatic rings. The number of fused-ring (bicyclic) bond motifs is 1. The number of hydrogen-bond donors (Lipinski definition) is 0. The van der Waals surface area contributed by atoms with E-state index in [1.54, 1.807) is 41.9 Å². The molecule has 0 radical (unpaired) electrons. The molecule has 2 heterocycles. The minimum absolute atomic E-state index is 0.0527. The maximum Gasteiger partial charge on any atom is 0.173 e. The lowest BCUT2D eigenvalue weighted by Gasteiger charge is -2.02. The molecule has 0 N–H and O–H groups in total. The van der Waals surface area contributed by atoms with Gasteiger partial charge < -0.3 is 0 Å². The van der Waals surface area contributed by atoms with Crippen LogP contribution in [0.2, 0.25) is 5.02 Å². The van der Waals surface area contributed by atoms with Crippen molar-refractivity contribution in [1.82, 2.24) is 9.97 Å². The second kappa shape index (κ2) is 7.58. The molecule has 0 saturated carbocycles. The molecule has 0 fully saturated rings. The van der Waals surface area contributed by atoms with Gasteiger partial charge in [0, 0.05) is 20.8 Å². The van der Waals surface area contributed by atoms with Gasteiger partial charge in [-0.2, -0.15) is 0 Å². The molecule has 0 aliphatic carbocycles. The fraction of sp³-hybridized carbons (Fsp3) is 0.0500. The van der Waals surface area contributed by atoms with Crippen molar-refractivity contribution in [1.29, 1.82) is 0 Å². The number of thiophene rings is 1. The van der Waals surface area contributed by atoms with Crippen LogP contribution < -0.4 is 0 Å². The van der Waals surface area contributed by atoms with Crippen LogP contribution in [0.1, 0.15) is 10.4 Å². The largest absolute Gasteiger partial charge is 0.293 e. The van der Waals surface area contributed by atoms with Crippen molar-refractivity contribution >= 4 is 50.7 Å². The van der Waals surface area contributed by atoms with Gasteiger partial charge in [-0.1, -0.05) is 53.7 Å². The van der Waals surface area contributed by atoms with Crippen molar-refractivity contribution in [3.63, 3.8) is 0 Å². The van der Waals surface area contributed by atoms with Crippen LogP contribution in [0, 0.1) is 0 Å². The summed E-state index contributed by atoms with van der Waals surface area (Å²) in [6.07, 6.45) is 1.56. The highest BCUT2D eigenvalue weighted by Crippen LogP contribution is 2.36. The van der Waals surface area contributed by atoms with Crippen LogP contribution in [0.25, 0.3) is 20.7 Å². The first kappa shape index (κ1) is 17.2. The lowest BCUT2D eigenvalue weighted by atomic mass is 10.1. The summed E-state index contributed by atoms with van der Waals surface area (Å²) < 4.78 is 0. The molecular weight excluding hydrogens is 384 g/mol. The van der Waals surface area contributed by atoms with Gasteiger partial charge >= 0.3 is 0 Å². The van der Waals surface area contributed by atoms with Crippen LogP contribution in [-0.4, -0.2) is 21.5 Å². The van der Waals surface area contributed by atoms with Crippen molar-refractivity contribution in [2.45, 2.75) is 5.03 Å². The molecule has 0 bridgehead atoms. The Labute approximate surface area is 164 Å². The summed E-state index contributed by atoms with van der Waals surface area (Å²) in [7, 11) is 0. The summed E-state index contributed by atoms with van der Waals surface area (Å²) in [5, 5.41) is 2.44. The lowest BCUT2D eigenvalue weighted by Crippen LogP contribution is -2.02. The number of nitrogens with zero attached hydrogens (tertiary/aromatic N) is 2. The van der Waals surface area contributed by atoms with Gasteiger partial charge in [-0.15, -0.1) is 11.3 Å². The number of carbonyl (C=O) groups excluding carboxylic acids is 1. The smallest absolute Gasteiger partial charge is 0.173 e. The first-order chi connectivity index (χ1) is 12.7. The van der Waals surface area contributed by atoms with Gasteiger partial charge in [-0.3, -0.25) is 4.79 Å². The van der Waals surface area contributed by atoms with E-state index in [0.29, 0.717) is 16.3 Å². The van der Waals surface area contributed by atoms with Gasteiger partial charge in [0.1, 0.15) is 16.2 Å². The van der Waals surface area contributed by atoms with E-state index in [9.17, 15) is 4.79 Å². The lowest BCUT2D eigenvalue weighted by molar-refractivity contribution is 0.102. The van der Waals surface area contributed by atoms with Crippen LogP contribution in [0.3, 0.4) is 0 Å². The Hall–Kier alpha value is -2.21. The van der Waals surface area contributed by atoms with Gasteiger partial charge in [-0.25, -0.2) is 9.97 Å². The number of halogens is 1. The van der Waals surface area contributed by atoms with Gasteiger partial charge in [0.05, 0.1) is 5.75 Å². The molecule has 2 aromatic carbocycles. The maximum atomic E-state index is 12.4. The molecule has 4 rings (SSSR count). The Balaban J connectivity index is 1.57. The number of carbonyl (C=O) groups is 1. The molecule has 0 spiro atoms. The summed E-state index contributed by atoms with van der Waals surface area (Å²) >= 11 is 8.95. The maximum absolute atomic E-state index is 12.4. The minimum Gasteiger partial charge on any atom is -0.293 e. The van der Waals surface area contributed by atoms with E-state index in [1.807, 2.05) is 18.2 Å². The van der Waals surface area contributed by atoms with Crippen LogP contribution in [0.5, 0.6) is 0 Å². The molecule has 2 aromatic heterocycles. The third kappa shape index (κ3) is 3.65. The van der Waals surface area contributed by atoms with E-state index in [1.165, 1.54) is 11.8 Å². The monoisotopic (exact) mass is 396 g/mol. The standard InChI is InChI=1S/C20H13ClN2OS2/c21-15-8-6-13(7-9-15)17(24)11-25-19-16-10-18(14-4-2-1-3-5-14)26-20(16)23-12-22-19/h1-10,12H,11H2. The summed E-state index contributed by atoms with van der Waals surface area (Å²) in [5.74, 6) is 0.376. The Kier molecular flexibility index (Phi) is 5.02. The van der Waals surface area contributed by atoms with E-state index >= 15 is 0 Å². The molecule has 6 heteroatoms. The second-order valence-corrected chi connectivity index (χ2v) is 8.02. The van der Waals surface area contributed by atoms with E-state index in [0.717, 1.165) is 25.7 Å². The highest BCUT2D eigenvalue weighted by molar-refractivity contribution is 8.00. The van der Waals surface area contributed by atoms with Crippen molar-refractivity contribution < 1.29 is 4.79 Å². The number of Topliss-reactive ketones (excluding diaryl/α,β-unsaturated/α-hetero) is 1. The highest BCUT2D eigenvalue weighted by atomic mass is 35.5. The molecule has 26 heavy (non-hydrogen) atoms. The van der Waals surface area contributed by atoms with Crippen molar-refractivity contribution in [3.05, 3.63) is 77.6 Å². The molecule has 128 valence electrons. The number of hydrogen-bond acceptors (Lipinski definition) is 5. The Morgan fingerprint density at radius 2 is 1.81 bits per heavy atom. The van der Waals surface area contributed by atoms with Crippen molar-refractivity contribution in [2.75, 3.05) is 5.75 Å². The van der Waals surface area contributed by atoms with Gasteiger partial charge in [0.2, 0.25) is 0 Å². The zero-order valence-corrected chi connectivity index (χ0v) is 15.9.